The van der Waals surface area contributed by atoms with Crippen LogP contribution in [-0.2, 0) is 10.0 Å². The van der Waals surface area contributed by atoms with Crippen LogP contribution in [0.3, 0.4) is 0 Å². The van der Waals surface area contributed by atoms with Gasteiger partial charge < -0.3 is 5.32 Å². The molecule has 2 N–H and O–H groups in total. The lowest BCUT2D eigenvalue weighted by atomic mass is 9.97. The van der Waals surface area contributed by atoms with Crippen LogP contribution < -0.4 is 10.0 Å². The second-order valence-corrected chi connectivity index (χ2v) is 10.3. The van der Waals surface area contributed by atoms with Gasteiger partial charge in [0.15, 0.2) is 0 Å². The largest absolute Gasteiger partial charge is 0.341 e. The molecule has 0 aromatic heterocycles. The molecule has 5 nitrogen and oxygen atoms in total. The number of rotatable bonds is 7. The summed E-state index contributed by atoms with van der Waals surface area (Å²) in [4.78, 5) is 13.4. The third-order valence-electron chi connectivity index (χ3n) is 5.95. The van der Waals surface area contributed by atoms with Gasteiger partial charge in [-0.2, -0.15) is 0 Å². The van der Waals surface area contributed by atoms with E-state index in [0.29, 0.717) is 11.3 Å². The van der Waals surface area contributed by atoms with Crippen LogP contribution in [0.25, 0.3) is 0 Å². The minimum Gasteiger partial charge on any atom is -0.341 e. The number of carbonyl (C=O) groups is 1. The summed E-state index contributed by atoms with van der Waals surface area (Å²) in [5.41, 5.74) is 5.15. The fraction of sp³-hybridized carbons (Fsp3) is 0.138. The number of hydrogen-bond acceptors (Lipinski definition) is 3. The van der Waals surface area contributed by atoms with Gasteiger partial charge in [0.25, 0.3) is 15.9 Å². The van der Waals surface area contributed by atoms with Gasteiger partial charge >= 0.3 is 0 Å². The number of carbonyl (C=O) groups excluding carboxylic acids is 1. The highest BCUT2D eigenvalue weighted by atomic mass is 32.2. The second kappa shape index (κ2) is 10.2. The zero-order valence-corrected chi connectivity index (χ0v) is 20.8. The van der Waals surface area contributed by atoms with Gasteiger partial charge in [0.05, 0.1) is 16.6 Å². The van der Waals surface area contributed by atoms with Gasteiger partial charge in [-0.1, -0.05) is 84.4 Å². The molecule has 178 valence electrons. The Bertz CT molecular complexity index is 1450. The molecular weight excluding hydrogens is 456 g/mol. The van der Waals surface area contributed by atoms with Gasteiger partial charge in [-0.25, -0.2) is 8.42 Å². The molecule has 1 unspecified atom stereocenters. The predicted octanol–water partition coefficient (Wildman–Crippen LogP) is 5.93. The standard InChI is InChI=1S/C29H28N2O3S/c1-20-13-16-24(17-14-20)28(23-10-5-4-6-11-23)30-29(32)25-18-15-22(3)27(19-25)35(33,34)31-26-12-8-7-9-21(26)2/h4-19,28,31H,1-3H3,(H,30,32). The number of sulfonamides is 1. The Balaban J connectivity index is 1.65. The third kappa shape index (κ3) is 5.61. The number of anilines is 1. The molecule has 0 fully saturated rings. The van der Waals surface area contributed by atoms with Crippen molar-refractivity contribution in [3.05, 3.63) is 130 Å². The van der Waals surface area contributed by atoms with Crippen LogP contribution in [0.5, 0.6) is 0 Å². The van der Waals surface area contributed by atoms with E-state index in [1.54, 1.807) is 31.2 Å². The quantitative estimate of drug-likeness (QED) is 0.341. The molecule has 35 heavy (non-hydrogen) atoms. The summed E-state index contributed by atoms with van der Waals surface area (Å²) < 4.78 is 29.1. The third-order valence-corrected chi connectivity index (χ3v) is 7.46. The van der Waals surface area contributed by atoms with Crippen LogP contribution in [-0.4, -0.2) is 14.3 Å². The van der Waals surface area contributed by atoms with E-state index in [4.69, 9.17) is 0 Å². The number of aryl methyl sites for hydroxylation is 3. The van der Waals surface area contributed by atoms with Crippen molar-refractivity contribution in [3.63, 3.8) is 0 Å². The van der Waals surface area contributed by atoms with Gasteiger partial charge in [0.2, 0.25) is 0 Å². The predicted molar refractivity (Wildman–Crippen MR) is 140 cm³/mol. The van der Waals surface area contributed by atoms with E-state index >= 15 is 0 Å². The van der Waals surface area contributed by atoms with Crippen molar-refractivity contribution in [1.82, 2.24) is 5.32 Å². The maximum Gasteiger partial charge on any atom is 0.262 e. The van der Waals surface area contributed by atoms with Crippen LogP contribution in [0.15, 0.2) is 102 Å². The first-order valence-electron chi connectivity index (χ1n) is 11.4. The number of nitrogens with one attached hydrogen (secondary N) is 2. The van der Waals surface area contributed by atoms with Gasteiger partial charge in [0, 0.05) is 5.56 Å². The molecule has 1 amide bonds. The van der Waals surface area contributed by atoms with E-state index in [0.717, 1.165) is 22.3 Å². The number of hydrogen-bond donors (Lipinski definition) is 2. The zero-order valence-electron chi connectivity index (χ0n) is 19.9. The Morgan fingerprint density at radius 3 is 2.03 bits per heavy atom. The van der Waals surface area contributed by atoms with E-state index in [-0.39, 0.29) is 22.4 Å². The Labute approximate surface area is 206 Å². The van der Waals surface area contributed by atoms with E-state index in [1.165, 1.54) is 6.07 Å². The Kier molecular flexibility index (Phi) is 7.03. The molecule has 0 aliphatic heterocycles. The summed E-state index contributed by atoms with van der Waals surface area (Å²) in [6.45, 7) is 5.57. The molecule has 4 aromatic carbocycles. The molecular formula is C29H28N2O3S. The van der Waals surface area contributed by atoms with Crippen LogP contribution in [0.4, 0.5) is 5.69 Å². The first-order chi connectivity index (χ1) is 16.7. The molecule has 0 radical (unpaired) electrons. The van der Waals surface area contributed by atoms with Crippen molar-refractivity contribution < 1.29 is 13.2 Å². The van der Waals surface area contributed by atoms with Crippen LogP contribution in [0.2, 0.25) is 0 Å². The molecule has 0 heterocycles. The Morgan fingerprint density at radius 2 is 1.34 bits per heavy atom. The minimum atomic E-state index is -3.89. The van der Waals surface area contributed by atoms with Crippen LogP contribution >= 0.6 is 0 Å². The smallest absolute Gasteiger partial charge is 0.262 e. The van der Waals surface area contributed by atoms with Gasteiger partial charge in [-0.15, -0.1) is 0 Å². The topological polar surface area (TPSA) is 75.3 Å². The second-order valence-electron chi connectivity index (χ2n) is 8.63. The van der Waals surface area contributed by atoms with E-state index in [9.17, 15) is 13.2 Å². The summed E-state index contributed by atoms with van der Waals surface area (Å²) in [5.74, 6) is -0.355. The molecule has 0 aliphatic rings. The Morgan fingerprint density at radius 1 is 0.714 bits per heavy atom. The SMILES string of the molecule is Cc1ccc(C(NC(=O)c2ccc(C)c(S(=O)(=O)Nc3ccccc3C)c2)c2ccccc2)cc1. The van der Waals surface area contributed by atoms with Gasteiger partial charge in [0.1, 0.15) is 0 Å². The monoisotopic (exact) mass is 484 g/mol. The van der Waals surface area contributed by atoms with E-state index < -0.39 is 10.0 Å². The zero-order chi connectivity index (χ0) is 25.0. The summed E-state index contributed by atoms with van der Waals surface area (Å²) in [6.07, 6.45) is 0. The van der Waals surface area contributed by atoms with Gasteiger partial charge in [-0.05, 0) is 61.2 Å². The average molecular weight is 485 g/mol. The maximum absolute atomic E-state index is 13.3. The van der Waals surface area contributed by atoms with Crippen molar-refractivity contribution in [2.75, 3.05) is 4.72 Å². The fourth-order valence-corrected chi connectivity index (χ4v) is 5.30. The Hall–Kier alpha value is -3.90. The van der Waals surface area contributed by atoms with Crippen molar-refractivity contribution in [1.29, 1.82) is 0 Å². The maximum atomic E-state index is 13.3. The highest BCUT2D eigenvalue weighted by Gasteiger charge is 2.22. The van der Waals surface area contributed by atoms with E-state index in [2.05, 4.69) is 10.0 Å². The molecule has 0 saturated carbocycles. The summed E-state index contributed by atoms with van der Waals surface area (Å²) in [6, 6.07) is 29.2. The fourth-order valence-electron chi connectivity index (χ4n) is 3.90. The molecule has 0 spiro atoms. The first-order valence-corrected chi connectivity index (χ1v) is 12.8. The lowest BCUT2D eigenvalue weighted by molar-refractivity contribution is 0.0942. The summed E-state index contributed by atoms with van der Waals surface area (Å²) >= 11 is 0. The number of para-hydroxylation sites is 1. The number of amides is 1. The van der Waals surface area contributed by atoms with Gasteiger partial charge in [-0.3, -0.25) is 9.52 Å². The van der Waals surface area contributed by atoms with Crippen molar-refractivity contribution in [3.8, 4) is 0 Å². The summed E-state index contributed by atoms with van der Waals surface area (Å²) in [7, 11) is -3.89. The van der Waals surface area contributed by atoms with Crippen LogP contribution in [0, 0.1) is 20.8 Å². The van der Waals surface area contributed by atoms with Crippen molar-refractivity contribution in [2.45, 2.75) is 31.7 Å². The lowest BCUT2D eigenvalue weighted by Gasteiger charge is -2.21. The molecule has 0 aliphatic carbocycles. The highest BCUT2D eigenvalue weighted by molar-refractivity contribution is 7.92. The van der Waals surface area contributed by atoms with Crippen molar-refractivity contribution >= 4 is 21.6 Å². The molecule has 1 atom stereocenters. The summed E-state index contributed by atoms with van der Waals surface area (Å²) in [5, 5.41) is 3.09. The molecule has 4 rings (SSSR count). The highest BCUT2D eigenvalue weighted by Crippen LogP contribution is 2.25. The first kappa shape index (κ1) is 24.2. The van der Waals surface area contributed by atoms with Crippen molar-refractivity contribution in [2.24, 2.45) is 0 Å². The van der Waals surface area contributed by atoms with E-state index in [1.807, 2.05) is 80.6 Å². The minimum absolute atomic E-state index is 0.0694. The molecule has 4 aromatic rings. The molecule has 0 saturated heterocycles. The lowest BCUT2D eigenvalue weighted by Crippen LogP contribution is -2.29. The number of benzene rings is 4. The molecule has 6 heteroatoms. The average Bonchev–Trinajstić information content (AvgIpc) is 2.85. The normalized spacial score (nSPS) is 12.1. The van der Waals surface area contributed by atoms with Crippen LogP contribution in [0.1, 0.15) is 44.2 Å². The molecule has 0 bridgehead atoms.